The minimum Gasteiger partial charge on any atom is -0.278 e. The van der Waals surface area contributed by atoms with Gasteiger partial charge in [0.1, 0.15) is 10.5 Å². The second-order valence-corrected chi connectivity index (χ2v) is 4.83. The van der Waals surface area contributed by atoms with E-state index in [2.05, 4.69) is 4.98 Å². The molecule has 7 nitrogen and oxygen atoms in total. The van der Waals surface area contributed by atoms with E-state index in [4.69, 9.17) is 0 Å². The van der Waals surface area contributed by atoms with E-state index < -0.39 is 26.4 Å². The zero-order chi connectivity index (χ0) is 13.5. The molecule has 2 aromatic rings. The number of aromatic nitrogens is 3. The van der Waals surface area contributed by atoms with Crippen molar-refractivity contribution in [3.05, 3.63) is 33.1 Å². The summed E-state index contributed by atoms with van der Waals surface area (Å²) < 4.78 is 35.4. The van der Waals surface area contributed by atoms with Crippen LogP contribution in [0.5, 0.6) is 0 Å². The van der Waals surface area contributed by atoms with Gasteiger partial charge >= 0.3 is 15.9 Å². The van der Waals surface area contributed by atoms with Gasteiger partial charge in [0.15, 0.2) is 0 Å². The molecule has 1 N–H and O–H groups in total. The average molecular weight is 273 g/mol. The highest BCUT2D eigenvalue weighted by molar-refractivity contribution is 7.86. The lowest BCUT2D eigenvalue weighted by atomic mass is 10.3. The number of rotatable bonds is 2. The molecule has 0 bridgehead atoms. The molecule has 0 fully saturated rings. The zero-order valence-corrected chi connectivity index (χ0v) is 9.99. The van der Waals surface area contributed by atoms with Crippen LogP contribution in [-0.4, -0.2) is 23.0 Å². The third-order valence-corrected chi connectivity index (χ3v) is 3.19. The van der Waals surface area contributed by atoms with Gasteiger partial charge < -0.3 is 0 Å². The minimum atomic E-state index is -4.94. The van der Waals surface area contributed by atoms with E-state index in [1.54, 1.807) is 6.92 Å². The highest BCUT2D eigenvalue weighted by Gasteiger charge is 2.16. The zero-order valence-electron chi connectivity index (χ0n) is 9.18. The fraction of sp³-hybridized carbons (Fsp3) is 0.222. The molecule has 0 saturated carbocycles. The number of hydrogen-bond donors (Lipinski definition) is 1. The van der Waals surface area contributed by atoms with E-state index in [1.807, 2.05) is 4.98 Å². The Hall–Kier alpha value is -2.03. The molecule has 0 aliphatic rings. The first-order chi connectivity index (χ1) is 8.34. The van der Waals surface area contributed by atoms with Crippen LogP contribution in [0.2, 0.25) is 0 Å². The second kappa shape index (κ2) is 4.02. The van der Waals surface area contributed by atoms with Gasteiger partial charge in [-0.05, 0) is 13.0 Å². The molecule has 0 saturated heterocycles. The van der Waals surface area contributed by atoms with Crippen molar-refractivity contribution in [3.8, 4) is 0 Å². The normalized spacial score (nSPS) is 11.9. The Labute approximate surface area is 100 Å². The summed E-state index contributed by atoms with van der Waals surface area (Å²) >= 11 is 0. The third-order valence-electron chi connectivity index (χ3n) is 2.41. The van der Waals surface area contributed by atoms with E-state index >= 15 is 0 Å². The Morgan fingerprint density at radius 1 is 1.44 bits per heavy atom. The van der Waals surface area contributed by atoms with Gasteiger partial charge in [-0.1, -0.05) is 0 Å². The molecule has 9 heteroatoms. The van der Waals surface area contributed by atoms with Gasteiger partial charge in [-0.15, -0.1) is 3.89 Å². The number of H-pyrrole nitrogens is 1. The number of nitrogens with zero attached hydrogens (tertiary/aromatic N) is 2. The van der Waals surface area contributed by atoms with E-state index in [1.165, 1.54) is 0 Å². The van der Waals surface area contributed by atoms with Crippen molar-refractivity contribution in [1.29, 1.82) is 0 Å². The number of fused-ring (bicyclic) bond motifs is 1. The van der Waals surface area contributed by atoms with Crippen LogP contribution in [0.1, 0.15) is 6.92 Å². The first-order valence-electron chi connectivity index (χ1n) is 4.92. The predicted octanol–water partition coefficient (Wildman–Crippen LogP) is -0.237. The molecule has 96 valence electrons. The van der Waals surface area contributed by atoms with Gasteiger partial charge in [0.2, 0.25) is 0 Å². The van der Waals surface area contributed by atoms with Gasteiger partial charge in [-0.3, -0.25) is 14.3 Å². The summed E-state index contributed by atoms with van der Waals surface area (Å²) in [5, 5.41) is -0.157. The third kappa shape index (κ3) is 1.92. The lowest BCUT2D eigenvalue weighted by Gasteiger charge is -2.05. The lowest BCUT2D eigenvalue weighted by Crippen LogP contribution is -2.30. The van der Waals surface area contributed by atoms with Crippen LogP contribution >= 0.6 is 0 Å². The summed E-state index contributed by atoms with van der Waals surface area (Å²) in [5.41, 5.74) is -1.45. The van der Waals surface area contributed by atoms with Crippen LogP contribution < -0.4 is 11.2 Å². The Bertz CT molecular complexity index is 837. The number of hydrogen-bond acceptors (Lipinski definition) is 5. The average Bonchev–Trinajstić information content (AvgIpc) is 2.27. The molecule has 0 aliphatic carbocycles. The van der Waals surface area contributed by atoms with Crippen LogP contribution in [0.4, 0.5) is 3.89 Å². The van der Waals surface area contributed by atoms with Crippen LogP contribution in [0.15, 0.2) is 26.7 Å². The topological polar surface area (TPSA) is 102 Å². The molecule has 18 heavy (non-hydrogen) atoms. The van der Waals surface area contributed by atoms with Crippen molar-refractivity contribution in [2.24, 2.45) is 0 Å². The van der Waals surface area contributed by atoms with Crippen molar-refractivity contribution < 1.29 is 12.3 Å². The summed E-state index contributed by atoms with van der Waals surface area (Å²) in [6.45, 7) is 1.89. The lowest BCUT2D eigenvalue weighted by molar-refractivity contribution is 0.551. The molecule has 2 aromatic heterocycles. The molecular weight excluding hydrogens is 265 g/mol. The molecule has 0 atom stereocenters. The summed E-state index contributed by atoms with van der Waals surface area (Å²) in [7, 11) is -4.94. The standard InChI is InChI=1S/C9H8FN3O4S/c1-2-13-7-6(8(14)12-9(13)15)3-5(4-11-7)18(10,16)17/h3-4H,2H2,1H3,(H,12,14,15). The number of aromatic amines is 1. The molecule has 0 radical (unpaired) electrons. The van der Waals surface area contributed by atoms with Crippen molar-refractivity contribution in [2.75, 3.05) is 0 Å². The van der Waals surface area contributed by atoms with E-state index in [0.29, 0.717) is 0 Å². The predicted molar refractivity (Wildman–Crippen MR) is 60.6 cm³/mol. The van der Waals surface area contributed by atoms with Crippen molar-refractivity contribution in [3.63, 3.8) is 0 Å². The van der Waals surface area contributed by atoms with Crippen molar-refractivity contribution in [2.45, 2.75) is 18.4 Å². The van der Waals surface area contributed by atoms with Crippen LogP contribution in [0, 0.1) is 0 Å². The molecule has 0 aliphatic heterocycles. The van der Waals surface area contributed by atoms with Crippen LogP contribution in [0.3, 0.4) is 0 Å². The van der Waals surface area contributed by atoms with Gasteiger partial charge in [0.25, 0.3) is 5.56 Å². The second-order valence-electron chi connectivity index (χ2n) is 3.48. The Morgan fingerprint density at radius 2 is 2.11 bits per heavy atom. The smallest absolute Gasteiger partial charge is 0.278 e. The van der Waals surface area contributed by atoms with E-state index in [-0.39, 0.29) is 17.6 Å². The van der Waals surface area contributed by atoms with Gasteiger partial charge in [-0.25, -0.2) is 9.78 Å². The molecule has 0 spiro atoms. The van der Waals surface area contributed by atoms with Crippen molar-refractivity contribution in [1.82, 2.24) is 14.5 Å². The largest absolute Gasteiger partial charge is 0.333 e. The molecule has 0 amide bonds. The van der Waals surface area contributed by atoms with E-state index in [0.717, 1.165) is 16.8 Å². The highest BCUT2D eigenvalue weighted by Crippen LogP contribution is 2.14. The Morgan fingerprint density at radius 3 is 2.67 bits per heavy atom. The molecular formula is C9H8FN3O4S. The summed E-state index contributed by atoms with van der Waals surface area (Å²) in [4.78, 5) is 27.9. The number of nitrogens with one attached hydrogen (secondary N) is 1. The first-order valence-corrected chi connectivity index (χ1v) is 6.30. The maximum atomic E-state index is 12.8. The van der Waals surface area contributed by atoms with Gasteiger partial charge in [0.05, 0.1) is 11.6 Å². The Balaban J connectivity index is 2.97. The minimum absolute atomic E-state index is 0.0126. The maximum absolute atomic E-state index is 12.8. The highest BCUT2D eigenvalue weighted by atomic mass is 32.3. The summed E-state index contributed by atoms with van der Waals surface area (Å²) in [5.74, 6) is 0. The first kappa shape index (κ1) is 12.4. The number of halogens is 1. The summed E-state index contributed by atoms with van der Waals surface area (Å²) in [6.07, 6.45) is 0.767. The molecule has 2 rings (SSSR count). The fourth-order valence-corrected chi connectivity index (χ4v) is 2.01. The van der Waals surface area contributed by atoms with Gasteiger partial charge in [-0.2, -0.15) is 8.42 Å². The monoisotopic (exact) mass is 273 g/mol. The fourth-order valence-electron chi connectivity index (χ4n) is 1.58. The quantitative estimate of drug-likeness (QED) is 0.761. The number of aryl methyl sites for hydroxylation is 1. The summed E-state index contributed by atoms with van der Waals surface area (Å²) in [6, 6.07) is 0.849. The van der Waals surface area contributed by atoms with Crippen LogP contribution in [-0.2, 0) is 16.8 Å². The van der Waals surface area contributed by atoms with Gasteiger partial charge in [0, 0.05) is 6.54 Å². The maximum Gasteiger partial charge on any atom is 0.333 e. The van der Waals surface area contributed by atoms with E-state index in [9.17, 15) is 21.9 Å². The SMILES string of the molecule is CCn1c(=O)[nH]c(=O)c2cc(S(=O)(=O)F)cnc21. The number of pyridine rings is 1. The molecule has 0 aromatic carbocycles. The van der Waals surface area contributed by atoms with Crippen LogP contribution in [0.25, 0.3) is 11.0 Å². The Kier molecular flexibility index (Phi) is 2.77. The molecule has 0 unspecified atom stereocenters. The molecule has 2 heterocycles. The van der Waals surface area contributed by atoms with Crippen molar-refractivity contribution >= 4 is 21.3 Å².